The Morgan fingerprint density at radius 2 is 1.21 bits per heavy atom. The second-order valence-corrected chi connectivity index (χ2v) is 6.08. The van der Waals surface area contributed by atoms with E-state index >= 15 is 0 Å². The second kappa shape index (κ2) is 10.7. The summed E-state index contributed by atoms with van der Waals surface area (Å²) in [7, 11) is 0. The van der Waals surface area contributed by atoms with E-state index in [0.29, 0.717) is 0 Å². The van der Waals surface area contributed by atoms with Crippen LogP contribution in [-0.2, 0) is 52.4 Å². The number of Topliss-reactive ketones (excluding diaryl/α,β-unsaturated/α-hetero) is 1. The lowest BCUT2D eigenvalue weighted by Crippen LogP contribution is -2.63. The number of ether oxygens (including phenoxy) is 6. The zero-order chi connectivity index (χ0) is 21.4. The maximum absolute atomic E-state index is 11.6. The Labute approximate surface area is 161 Å². The first-order valence-electron chi connectivity index (χ1n) is 8.42. The zero-order valence-electron chi connectivity index (χ0n) is 16.3. The van der Waals surface area contributed by atoms with Gasteiger partial charge in [0.25, 0.3) is 0 Å². The number of hydrogen-bond donors (Lipinski definition) is 0. The van der Waals surface area contributed by atoms with Gasteiger partial charge in [0, 0.05) is 27.7 Å². The molecule has 1 saturated heterocycles. The van der Waals surface area contributed by atoms with Crippen molar-refractivity contribution in [3.63, 3.8) is 0 Å². The molecule has 1 fully saturated rings. The Balaban J connectivity index is 3.26. The molecule has 158 valence electrons. The van der Waals surface area contributed by atoms with Crippen molar-refractivity contribution in [3.05, 3.63) is 0 Å². The number of hydrogen-bond acceptors (Lipinski definition) is 11. The highest BCUT2D eigenvalue weighted by Crippen LogP contribution is 2.29. The van der Waals surface area contributed by atoms with Gasteiger partial charge in [-0.15, -0.1) is 0 Å². The Hall–Kier alpha value is -2.53. The molecular weight excluding hydrogens is 380 g/mol. The van der Waals surface area contributed by atoms with Crippen LogP contribution in [0.25, 0.3) is 0 Å². The molecule has 11 nitrogen and oxygen atoms in total. The van der Waals surface area contributed by atoms with Gasteiger partial charge in [0.05, 0.1) is 0 Å². The molecule has 0 bridgehead atoms. The van der Waals surface area contributed by atoms with Crippen LogP contribution in [0.1, 0.15) is 34.6 Å². The summed E-state index contributed by atoms with van der Waals surface area (Å²) in [5.74, 6) is -3.20. The molecule has 0 aliphatic carbocycles. The molecule has 1 rings (SSSR count). The molecule has 1 aliphatic rings. The lowest BCUT2D eigenvalue weighted by Gasteiger charge is -2.43. The molecule has 11 heteroatoms. The summed E-state index contributed by atoms with van der Waals surface area (Å²) in [6.07, 6.45) is -6.37. The van der Waals surface area contributed by atoms with Crippen molar-refractivity contribution in [2.24, 2.45) is 0 Å². The standard InChI is InChI=1S/C17H24O11/c1-8(18)6-24-17-16(27-12(5)22)15(26-11(4)21)14(25-10(3)20)13(28-17)7-23-9(2)19/h13-17H,6-7H2,1-5H3/t13-,14-,15+,16-,17-/m1/s1. The van der Waals surface area contributed by atoms with Crippen LogP contribution in [0.3, 0.4) is 0 Å². The van der Waals surface area contributed by atoms with Crippen LogP contribution < -0.4 is 0 Å². The quantitative estimate of drug-likeness (QED) is 0.388. The number of carbonyl (C=O) groups excluding carboxylic acids is 5. The SMILES string of the molecule is CC(=O)CO[C@@H]1O[C@H](COC(C)=O)[C@@H](OC(C)=O)[C@H](OC(C)=O)[C@H]1OC(C)=O. The highest BCUT2D eigenvalue weighted by atomic mass is 16.7. The molecule has 28 heavy (non-hydrogen) atoms. The maximum atomic E-state index is 11.6. The van der Waals surface area contributed by atoms with E-state index in [1.807, 2.05) is 0 Å². The summed E-state index contributed by atoms with van der Waals surface area (Å²) < 4.78 is 31.4. The number of esters is 4. The van der Waals surface area contributed by atoms with Gasteiger partial charge in [-0.25, -0.2) is 0 Å². The highest BCUT2D eigenvalue weighted by molar-refractivity contribution is 5.76. The minimum atomic E-state index is -1.34. The molecule has 0 aromatic carbocycles. The fourth-order valence-corrected chi connectivity index (χ4v) is 2.52. The predicted molar refractivity (Wildman–Crippen MR) is 88.6 cm³/mol. The third-order valence-corrected chi connectivity index (χ3v) is 3.40. The van der Waals surface area contributed by atoms with Crippen LogP contribution in [0.5, 0.6) is 0 Å². The lowest BCUT2D eigenvalue weighted by molar-refractivity contribution is -0.306. The topological polar surface area (TPSA) is 141 Å². The lowest BCUT2D eigenvalue weighted by atomic mass is 9.98. The average Bonchev–Trinajstić information content (AvgIpc) is 2.54. The Kier molecular flexibility index (Phi) is 9.00. The summed E-state index contributed by atoms with van der Waals surface area (Å²) in [4.78, 5) is 57.1. The minimum absolute atomic E-state index is 0.340. The smallest absolute Gasteiger partial charge is 0.303 e. The van der Waals surface area contributed by atoms with Gasteiger partial charge < -0.3 is 28.4 Å². The monoisotopic (exact) mass is 404 g/mol. The van der Waals surface area contributed by atoms with Gasteiger partial charge in [-0.1, -0.05) is 0 Å². The van der Waals surface area contributed by atoms with Gasteiger partial charge in [-0.05, 0) is 6.92 Å². The van der Waals surface area contributed by atoms with Crippen LogP contribution in [0.4, 0.5) is 0 Å². The Morgan fingerprint density at radius 1 is 0.714 bits per heavy atom. The molecule has 0 unspecified atom stereocenters. The molecular formula is C17H24O11. The molecule has 1 heterocycles. The third-order valence-electron chi connectivity index (χ3n) is 3.40. The predicted octanol–water partition coefficient (Wildman–Crippen LogP) is -0.325. The molecule has 0 amide bonds. The Morgan fingerprint density at radius 3 is 1.68 bits per heavy atom. The van der Waals surface area contributed by atoms with E-state index in [0.717, 1.165) is 20.8 Å². The van der Waals surface area contributed by atoms with Crippen molar-refractivity contribution in [1.82, 2.24) is 0 Å². The molecule has 5 atom stereocenters. The number of ketones is 1. The summed E-state index contributed by atoms with van der Waals surface area (Å²) in [5, 5.41) is 0. The van der Waals surface area contributed by atoms with E-state index in [1.54, 1.807) is 0 Å². The van der Waals surface area contributed by atoms with Crippen molar-refractivity contribution >= 4 is 29.7 Å². The molecule has 0 aromatic heterocycles. The van der Waals surface area contributed by atoms with Gasteiger partial charge >= 0.3 is 23.9 Å². The van der Waals surface area contributed by atoms with Gasteiger partial charge in [0.1, 0.15) is 19.3 Å². The fourth-order valence-electron chi connectivity index (χ4n) is 2.52. The van der Waals surface area contributed by atoms with E-state index in [1.165, 1.54) is 13.8 Å². The normalized spacial score (nSPS) is 26.7. The van der Waals surface area contributed by atoms with E-state index in [2.05, 4.69) is 0 Å². The first-order valence-corrected chi connectivity index (χ1v) is 8.42. The summed E-state index contributed by atoms with van der Waals surface area (Å²) in [6.45, 7) is 5.03. The largest absolute Gasteiger partial charge is 0.463 e. The number of carbonyl (C=O) groups is 5. The molecule has 0 spiro atoms. The van der Waals surface area contributed by atoms with Crippen molar-refractivity contribution in [1.29, 1.82) is 0 Å². The van der Waals surface area contributed by atoms with Crippen molar-refractivity contribution < 1.29 is 52.4 Å². The zero-order valence-corrected chi connectivity index (χ0v) is 16.3. The van der Waals surface area contributed by atoms with E-state index in [4.69, 9.17) is 28.4 Å². The van der Waals surface area contributed by atoms with E-state index in [9.17, 15) is 24.0 Å². The van der Waals surface area contributed by atoms with Crippen LogP contribution >= 0.6 is 0 Å². The van der Waals surface area contributed by atoms with Crippen LogP contribution in [-0.4, -0.2) is 73.6 Å². The third kappa shape index (κ3) is 7.61. The summed E-state index contributed by atoms with van der Waals surface area (Å²) in [6, 6.07) is 0. The first kappa shape index (κ1) is 23.5. The molecule has 0 radical (unpaired) electrons. The highest BCUT2D eigenvalue weighted by Gasteiger charge is 2.52. The van der Waals surface area contributed by atoms with Crippen LogP contribution in [0, 0.1) is 0 Å². The van der Waals surface area contributed by atoms with Crippen LogP contribution in [0.2, 0.25) is 0 Å². The van der Waals surface area contributed by atoms with Crippen molar-refractivity contribution in [2.75, 3.05) is 13.2 Å². The van der Waals surface area contributed by atoms with Crippen molar-refractivity contribution in [3.8, 4) is 0 Å². The van der Waals surface area contributed by atoms with Crippen molar-refractivity contribution in [2.45, 2.75) is 65.3 Å². The minimum Gasteiger partial charge on any atom is -0.463 e. The van der Waals surface area contributed by atoms with Crippen LogP contribution in [0.15, 0.2) is 0 Å². The summed E-state index contributed by atoms with van der Waals surface area (Å²) >= 11 is 0. The van der Waals surface area contributed by atoms with E-state index < -0.39 is 54.6 Å². The van der Waals surface area contributed by atoms with Gasteiger partial charge in [0.15, 0.2) is 30.4 Å². The summed E-state index contributed by atoms with van der Waals surface area (Å²) in [5.41, 5.74) is 0. The van der Waals surface area contributed by atoms with Gasteiger partial charge in [-0.3, -0.25) is 24.0 Å². The van der Waals surface area contributed by atoms with E-state index in [-0.39, 0.29) is 19.0 Å². The van der Waals surface area contributed by atoms with Gasteiger partial charge in [-0.2, -0.15) is 0 Å². The second-order valence-electron chi connectivity index (χ2n) is 6.08. The first-order chi connectivity index (χ1) is 13.0. The molecule has 0 saturated carbocycles. The fraction of sp³-hybridized carbons (Fsp3) is 0.706. The molecule has 0 N–H and O–H groups in total. The molecule has 1 aliphatic heterocycles. The molecule has 0 aromatic rings. The van der Waals surface area contributed by atoms with Gasteiger partial charge in [0.2, 0.25) is 0 Å². The Bertz CT molecular complexity index is 570. The maximum Gasteiger partial charge on any atom is 0.303 e. The number of rotatable bonds is 8. The average molecular weight is 404 g/mol.